The molecular weight excluding hydrogens is 585 g/mol. The predicted molar refractivity (Wildman–Crippen MR) is 204 cm³/mol. The van der Waals surface area contributed by atoms with Gasteiger partial charge in [0.05, 0.1) is 17.3 Å². The van der Waals surface area contributed by atoms with E-state index in [1.165, 1.54) is 28.7 Å². The van der Waals surface area contributed by atoms with Crippen molar-refractivity contribution >= 4 is 0 Å². The van der Waals surface area contributed by atoms with Crippen molar-refractivity contribution in [1.82, 2.24) is 14.8 Å². The lowest BCUT2D eigenvalue weighted by molar-refractivity contribution is 0.320. The van der Waals surface area contributed by atoms with E-state index < -0.39 is 0 Å². The van der Waals surface area contributed by atoms with Crippen LogP contribution in [0, 0.1) is 43.9 Å². The van der Waals surface area contributed by atoms with Gasteiger partial charge in [0, 0.05) is 11.0 Å². The Morgan fingerprint density at radius 3 is 2.10 bits per heavy atom. The monoisotopic (exact) mass is 642 g/mol. The summed E-state index contributed by atoms with van der Waals surface area (Å²) in [5.74, 6) is 3.24. The third-order valence-corrected chi connectivity index (χ3v) is 10.4. The summed E-state index contributed by atoms with van der Waals surface area (Å²) >= 11 is 0. The highest BCUT2D eigenvalue weighted by Gasteiger charge is 2.37. The molecule has 0 aliphatic rings. The van der Waals surface area contributed by atoms with Gasteiger partial charge in [-0.05, 0) is 122 Å². The molecule has 0 saturated heterocycles. The Labute approximate surface area is 291 Å². The number of hydrogen-bond acceptors (Lipinski definition) is 3. The molecule has 0 bridgehead atoms. The highest BCUT2D eigenvalue weighted by Crippen LogP contribution is 2.47. The van der Waals surface area contributed by atoms with Gasteiger partial charge in [-0.15, -0.1) is 0 Å². The van der Waals surface area contributed by atoms with Crippen LogP contribution in [-0.2, 0) is 5.41 Å². The quantitative estimate of drug-likeness (QED) is 0.144. The molecule has 0 saturated carbocycles. The van der Waals surface area contributed by atoms with Gasteiger partial charge in [0.2, 0.25) is 0 Å². The molecule has 0 fully saturated rings. The van der Waals surface area contributed by atoms with E-state index >= 15 is 0 Å². The summed E-state index contributed by atoms with van der Waals surface area (Å²) in [7, 11) is 0. The minimum atomic E-state index is -0.210. The number of aryl methyl sites for hydroxylation is 2. The van der Waals surface area contributed by atoms with Gasteiger partial charge in [-0.2, -0.15) is 10.4 Å². The van der Waals surface area contributed by atoms with Gasteiger partial charge in [-0.3, -0.25) is 0 Å². The molecule has 2 unspecified atom stereocenters. The van der Waals surface area contributed by atoms with Crippen LogP contribution < -0.4 is 0 Å². The first kappa shape index (κ1) is 36.9. The van der Waals surface area contributed by atoms with Crippen LogP contribution >= 0.6 is 0 Å². The van der Waals surface area contributed by atoms with Crippen LogP contribution in [0.2, 0.25) is 0 Å². The van der Waals surface area contributed by atoms with Gasteiger partial charge in [0.1, 0.15) is 5.82 Å². The minimum absolute atomic E-state index is 0.210. The Hall–Kier alpha value is -3.97. The number of allylic oxidation sites excluding steroid dienone is 2. The van der Waals surface area contributed by atoms with Gasteiger partial charge < -0.3 is 0 Å². The lowest BCUT2D eigenvalue weighted by atomic mass is 9.65. The molecule has 4 rings (SSSR count). The normalized spacial score (nSPS) is 13.6. The summed E-state index contributed by atoms with van der Waals surface area (Å²) in [6.07, 6.45) is 5.88. The second-order valence-corrected chi connectivity index (χ2v) is 15.3. The molecule has 0 aliphatic carbocycles. The summed E-state index contributed by atoms with van der Waals surface area (Å²) in [5.41, 5.74) is 12.3. The van der Waals surface area contributed by atoms with Gasteiger partial charge in [-0.1, -0.05) is 110 Å². The lowest BCUT2D eigenvalue weighted by Crippen LogP contribution is -2.32. The zero-order chi connectivity index (χ0) is 35.5. The average Bonchev–Trinajstić information content (AvgIpc) is 3.43. The van der Waals surface area contributed by atoms with E-state index in [0.717, 1.165) is 58.0 Å². The third-order valence-electron chi connectivity index (χ3n) is 10.4. The third kappa shape index (κ3) is 7.21. The Kier molecular flexibility index (Phi) is 11.6. The van der Waals surface area contributed by atoms with Crippen LogP contribution in [0.1, 0.15) is 140 Å². The molecule has 0 N–H and O–H groups in total. The molecule has 1 heterocycles. The average molecular weight is 643 g/mol. The van der Waals surface area contributed by atoms with Crippen LogP contribution in [0.15, 0.2) is 60.2 Å². The standard InChI is InChI=1S/C44H58N4/c1-14-31(10)22-23-44(30(8)9,25-27(2)3)40-21-20-35(41-32(11)18-19-36(26-45)33(41)12)24-39(40)43-46-34(13)47-48(43)42-37(28(4)5)16-15-17-38(42)29(6)7/h15-21,24-25,28-31H,14,22-23H2,1-13H3. The van der Waals surface area contributed by atoms with Crippen LogP contribution in [0.5, 0.6) is 0 Å². The summed E-state index contributed by atoms with van der Waals surface area (Å²) in [6, 6.07) is 20.1. The molecule has 0 radical (unpaired) electrons. The van der Waals surface area contributed by atoms with E-state index in [4.69, 9.17) is 10.1 Å². The van der Waals surface area contributed by atoms with E-state index in [-0.39, 0.29) is 5.41 Å². The predicted octanol–water partition coefficient (Wildman–Crippen LogP) is 12.3. The number of rotatable bonds is 12. The van der Waals surface area contributed by atoms with Gasteiger partial charge in [0.25, 0.3) is 0 Å². The highest BCUT2D eigenvalue weighted by molar-refractivity contribution is 5.79. The molecule has 4 heteroatoms. The van der Waals surface area contributed by atoms with E-state index in [1.54, 1.807) is 0 Å². The molecule has 254 valence electrons. The molecule has 0 amide bonds. The first-order chi connectivity index (χ1) is 22.7. The molecule has 4 aromatic rings. The second-order valence-electron chi connectivity index (χ2n) is 15.3. The Balaban J connectivity index is 2.21. The fourth-order valence-electron chi connectivity index (χ4n) is 7.46. The summed E-state index contributed by atoms with van der Waals surface area (Å²) in [4.78, 5) is 5.27. The van der Waals surface area contributed by atoms with Crippen molar-refractivity contribution < 1.29 is 0 Å². The maximum absolute atomic E-state index is 9.96. The van der Waals surface area contributed by atoms with Crippen molar-refractivity contribution in [3.8, 4) is 34.3 Å². The van der Waals surface area contributed by atoms with E-state index in [0.29, 0.717) is 29.2 Å². The molecule has 4 nitrogen and oxygen atoms in total. The van der Waals surface area contributed by atoms with E-state index in [9.17, 15) is 5.26 Å². The first-order valence-electron chi connectivity index (χ1n) is 18.0. The van der Waals surface area contributed by atoms with Gasteiger partial charge in [-0.25, -0.2) is 9.67 Å². The SMILES string of the molecule is CCC(C)CCC(C=C(C)C)(c1ccc(-c2c(C)ccc(C#N)c2C)cc1-c1nc(C)nn1-c1c(C(C)C)cccc1C(C)C)C(C)C. The number of hydrogen-bond donors (Lipinski definition) is 0. The molecule has 0 spiro atoms. The lowest BCUT2D eigenvalue weighted by Gasteiger charge is -2.39. The maximum Gasteiger partial charge on any atom is 0.163 e. The van der Waals surface area contributed by atoms with Crippen LogP contribution in [-0.4, -0.2) is 14.8 Å². The largest absolute Gasteiger partial charge is 0.212 e. The van der Waals surface area contributed by atoms with Gasteiger partial charge >= 0.3 is 0 Å². The smallest absolute Gasteiger partial charge is 0.163 e. The van der Waals surface area contributed by atoms with Crippen molar-refractivity contribution in [3.05, 3.63) is 99.4 Å². The Bertz CT molecular complexity index is 1800. The minimum Gasteiger partial charge on any atom is -0.212 e. The molecular formula is C44H58N4. The fraction of sp³-hybridized carbons (Fsp3) is 0.477. The molecule has 1 aromatic heterocycles. The number of nitrogens with zero attached hydrogens (tertiary/aromatic N) is 4. The van der Waals surface area contributed by atoms with E-state index in [2.05, 4.69) is 142 Å². The number of nitriles is 1. The highest BCUT2D eigenvalue weighted by atomic mass is 15.4. The zero-order valence-electron chi connectivity index (χ0n) is 31.9. The number of para-hydroxylation sites is 1. The van der Waals surface area contributed by atoms with Crippen LogP contribution in [0.25, 0.3) is 28.2 Å². The second kappa shape index (κ2) is 15.1. The summed E-state index contributed by atoms with van der Waals surface area (Å²) in [6.45, 7) is 29.2. The van der Waals surface area contributed by atoms with Crippen LogP contribution in [0.4, 0.5) is 0 Å². The summed E-state index contributed by atoms with van der Waals surface area (Å²) < 4.78 is 2.15. The first-order valence-corrected chi connectivity index (χ1v) is 18.0. The van der Waals surface area contributed by atoms with Crippen molar-refractivity contribution in [1.29, 1.82) is 5.26 Å². The number of benzene rings is 3. The summed E-state index contributed by atoms with van der Waals surface area (Å²) in [5, 5.41) is 15.1. The van der Waals surface area contributed by atoms with Crippen molar-refractivity contribution in [2.75, 3.05) is 0 Å². The topological polar surface area (TPSA) is 54.5 Å². The van der Waals surface area contributed by atoms with Crippen molar-refractivity contribution in [2.45, 2.75) is 127 Å². The Morgan fingerprint density at radius 1 is 0.917 bits per heavy atom. The molecule has 0 aliphatic heterocycles. The van der Waals surface area contributed by atoms with Crippen molar-refractivity contribution in [3.63, 3.8) is 0 Å². The maximum atomic E-state index is 9.96. The van der Waals surface area contributed by atoms with Crippen molar-refractivity contribution in [2.24, 2.45) is 11.8 Å². The van der Waals surface area contributed by atoms with E-state index in [1.807, 2.05) is 13.0 Å². The number of aromatic nitrogens is 3. The molecule has 2 atom stereocenters. The molecule has 48 heavy (non-hydrogen) atoms. The van der Waals surface area contributed by atoms with Crippen LogP contribution in [0.3, 0.4) is 0 Å². The molecule has 3 aromatic carbocycles. The van der Waals surface area contributed by atoms with Gasteiger partial charge in [0.15, 0.2) is 5.82 Å². The Morgan fingerprint density at radius 2 is 1.56 bits per heavy atom. The fourth-order valence-corrected chi connectivity index (χ4v) is 7.46. The zero-order valence-corrected chi connectivity index (χ0v) is 31.9.